The molecule has 15 heavy (non-hydrogen) atoms. The highest BCUT2D eigenvalue weighted by Gasteiger charge is 2.16. The van der Waals surface area contributed by atoms with Gasteiger partial charge in [0.05, 0.1) is 19.0 Å². The lowest BCUT2D eigenvalue weighted by molar-refractivity contribution is -0.112. The molecule has 0 saturated heterocycles. The van der Waals surface area contributed by atoms with Crippen molar-refractivity contribution >= 4 is 5.78 Å². The number of hydrogen-bond donors (Lipinski definition) is 0. The third-order valence-electron chi connectivity index (χ3n) is 2.06. The molecular formula is C12H18O3. The Balaban J connectivity index is 2.60. The van der Waals surface area contributed by atoms with E-state index in [0.29, 0.717) is 13.0 Å². The van der Waals surface area contributed by atoms with Crippen molar-refractivity contribution in [3.05, 3.63) is 23.7 Å². The molecular weight excluding hydrogens is 192 g/mol. The van der Waals surface area contributed by atoms with Crippen molar-refractivity contribution < 1.29 is 14.3 Å². The van der Waals surface area contributed by atoms with E-state index < -0.39 is 0 Å². The number of carbonyl (C=O) groups excluding carboxylic acids is 1. The first-order valence-electron chi connectivity index (χ1n) is 5.35. The summed E-state index contributed by atoms with van der Waals surface area (Å²) in [6.07, 6.45) is 4.74. The molecule has 84 valence electrons. The summed E-state index contributed by atoms with van der Waals surface area (Å²) in [5.74, 6) is 0.787. The largest absolute Gasteiger partial charge is 0.498 e. The van der Waals surface area contributed by atoms with Gasteiger partial charge < -0.3 is 9.47 Å². The van der Waals surface area contributed by atoms with Crippen LogP contribution in [0.5, 0.6) is 0 Å². The van der Waals surface area contributed by atoms with E-state index in [9.17, 15) is 4.79 Å². The van der Waals surface area contributed by atoms with Crippen molar-refractivity contribution in [2.75, 3.05) is 6.61 Å². The Kier molecular flexibility index (Phi) is 4.40. The summed E-state index contributed by atoms with van der Waals surface area (Å²) in [4.78, 5) is 11.6. The number of hydrogen-bond acceptors (Lipinski definition) is 3. The van der Waals surface area contributed by atoms with Gasteiger partial charge in [0.1, 0.15) is 5.76 Å². The van der Waals surface area contributed by atoms with Crippen molar-refractivity contribution in [3.8, 4) is 0 Å². The number of carbonyl (C=O) groups is 1. The van der Waals surface area contributed by atoms with E-state index in [1.807, 2.05) is 20.8 Å². The van der Waals surface area contributed by atoms with E-state index in [2.05, 4.69) is 0 Å². The van der Waals surface area contributed by atoms with Crippen LogP contribution in [0.1, 0.15) is 33.6 Å². The molecule has 0 N–H and O–H groups in total. The monoisotopic (exact) mass is 210 g/mol. The zero-order chi connectivity index (χ0) is 11.3. The van der Waals surface area contributed by atoms with Crippen LogP contribution in [-0.4, -0.2) is 18.5 Å². The average Bonchev–Trinajstić information content (AvgIpc) is 2.17. The van der Waals surface area contributed by atoms with E-state index in [-0.39, 0.29) is 11.9 Å². The first-order chi connectivity index (χ1) is 7.13. The Bertz CT molecular complexity index is 287. The van der Waals surface area contributed by atoms with E-state index in [1.165, 1.54) is 0 Å². The van der Waals surface area contributed by atoms with Crippen LogP contribution in [0.15, 0.2) is 23.7 Å². The summed E-state index contributed by atoms with van der Waals surface area (Å²) >= 11 is 0. The number of rotatable bonds is 4. The van der Waals surface area contributed by atoms with Crippen LogP contribution in [0, 0.1) is 0 Å². The topological polar surface area (TPSA) is 35.5 Å². The summed E-state index contributed by atoms with van der Waals surface area (Å²) < 4.78 is 10.6. The van der Waals surface area contributed by atoms with Crippen LogP contribution in [0.25, 0.3) is 0 Å². The van der Waals surface area contributed by atoms with Gasteiger partial charge in [-0.05, 0) is 27.2 Å². The molecule has 0 aromatic carbocycles. The maximum atomic E-state index is 11.6. The van der Waals surface area contributed by atoms with Crippen molar-refractivity contribution in [1.29, 1.82) is 0 Å². The maximum Gasteiger partial charge on any atom is 0.188 e. The SMILES string of the molecule is CCOC1=CC(=O)C(=COC(C)C)CC1. The van der Waals surface area contributed by atoms with Crippen LogP contribution in [0.2, 0.25) is 0 Å². The fourth-order valence-electron chi connectivity index (χ4n) is 1.33. The number of allylic oxidation sites excluding steroid dienone is 3. The highest BCUT2D eigenvalue weighted by atomic mass is 16.5. The van der Waals surface area contributed by atoms with Crippen LogP contribution in [0.3, 0.4) is 0 Å². The fourth-order valence-corrected chi connectivity index (χ4v) is 1.33. The fraction of sp³-hybridized carbons (Fsp3) is 0.583. The lowest BCUT2D eigenvalue weighted by Crippen LogP contribution is -2.10. The van der Waals surface area contributed by atoms with Gasteiger partial charge in [-0.3, -0.25) is 4.79 Å². The molecule has 0 atom stereocenters. The van der Waals surface area contributed by atoms with Gasteiger partial charge in [0, 0.05) is 18.1 Å². The molecule has 1 aliphatic rings. The summed E-state index contributed by atoms with van der Waals surface area (Å²) in [6.45, 7) is 6.40. The normalized spacial score (nSPS) is 19.3. The minimum Gasteiger partial charge on any atom is -0.498 e. The van der Waals surface area contributed by atoms with Crippen LogP contribution in [-0.2, 0) is 14.3 Å². The van der Waals surface area contributed by atoms with Crippen molar-refractivity contribution in [2.45, 2.75) is 39.7 Å². The molecule has 0 radical (unpaired) electrons. The molecule has 0 unspecified atom stereocenters. The lowest BCUT2D eigenvalue weighted by Gasteiger charge is -2.15. The lowest BCUT2D eigenvalue weighted by atomic mass is 10.00. The predicted molar refractivity (Wildman–Crippen MR) is 58.3 cm³/mol. The van der Waals surface area contributed by atoms with Gasteiger partial charge >= 0.3 is 0 Å². The third-order valence-corrected chi connectivity index (χ3v) is 2.06. The maximum absolute atomic E-state index is 11.6. The van der Waals surface area contributed by atoms with Gasteiger partial charge in [0.2, 0.25) is 0 Å². The molecule has 0 bridgehead atoms. The molecule has 0 aliphatic heterocycles. The van der Waals surface area contributed by atoms with Gasteiger partial charge in [-0.25, -0.2) is 0 Å². The second kappa shape index (κ2) is 5.59. The van der Waals surface area contributed by atoms with Crippen LogP contribution in [0.4, 0.5) is 0 Å². The number of ketones is 1. The van der Waals surface area contributed by atoms with Crippen molar-refractivity contribution in [2.24, 2.45) is 0 Å². The molecule has 0 aromatic heterocycles. The Hall–Kier alpha value is -1.25. The standard InChI is InChI=1S/C12H18O3/c1-4-14-11-6-5-10(12(13)7-11)8-15-9(2)3/h7-9H,4-6H2,1-3H3. The average molecular weight is 210 g/mol. The van der Waals surface area contributed by atoms with Gasteiger partial charge in [-0.1, -0.05) is 0 Å². The molecule has 0 heterocycles. The van der Waals surface area contributed by atoms with Gasteiger partial charge in [0.15, 0.2) is 5.78 Å². The summed E-state index contributed by atoms with van der Waals surface area (Å²) in [5, 5.41) is 0. The first-order valence-corrected chi connectivity index (χ1v) is 5.35. The summed E-state index contributed by atoms with van der Waals surface area (Å²) in [5.41, 5.74) is 0.729. The zero-order valence-corrected chi connectivity index (χ0v) is 9.58. The Labute approximate surface area is 90.8 Å². The molecule has 0 fully saturated rings. The second-order valence-corrected chi connectivity index (χ2v) is 3.74. The highest BCUT2D eigenvalue weighted by Crippen LogP contribution is 2.21. The number of ether oxygens (including phenoxy) is 2. The molecule has 0 spiro atoms. The Morgan fingerprint density at radius 1 is 1.47 bits per heavy atom. The van der Waals surface area contributed by atoms with Crippen molar-refractivity contribution in [1.82, 2.24) is 0 Å². The first kappa shape index (κ1) is 11.8. The molecule has 0 aromatic rings. The van der Waals surface area contributed by atoms with E-state index in [1.54, 1.807) is 12.3 Å². The van der Waals surface area contributed by atoms with Crippen LogP contribution < -0.4 is 0 Å². The minimum atomic E-state index is 0.00495. The molecule has 0 saturated carbocycles. The summed E-state index contributed by atoms with van der Waals surface area (Å²) in [7, 11) is 0. The molecule has 1 aliphatic carbocycles. The Morgan fingerprint density at radius 3 is 2.73 bits per heavy atom. The highest BCUT2D eigenvalue weighted by molar-refractivity contribution is 6.04. The predicted octanol–water partition coefficient (Wildman–Crippen LogP) is 2.58. The van der Waals surface area contributed by atoms with Gasteiger partial charge in [-0.15, -0.1) is 0 Å². The van der Waals surface area contributed by atoms with Gasteiger partial charge in [-0.2, -0.15) is 0 Å². The molecule has 1 rings (SSSR count). The minimum absolute atomic E-state index is 0.00495. The quantitative estimate of drug-likeness (QED) is 0.528. The summed E-state index contributed by atoms with van der Waals surface area (Å²) in [6, 6.07) is 0. The Morgan fingerprint density at radius 2 is 2.20 bits per heavy atom. The third kappa shape index (κ3) is 3.78. The molecule has 3 heteroatoms. The smallest absolute Gasteiger partial charge is 0.188 e. The van der Waals surface area contributed by atoms with E-state index in [4.69, 9.17) is 9.47 Å². The molecule has 3 nitrogen and oxygen atoms in total. The van der Waals surface area contributed by atoms with Crippen LogP contribution >= 0.6 is 0 Å². The second-order valence-electron chi connectivity index (χ2n) is 3.74. The van der Waals surface area contributed by atoms with E-state index >= 15 is 0 Å². The van der Waals surface area contributed by atoms with Gasteiger partial charge in [0.25, 0.3) is 0 Å². The zero-order valence-electron chi connectivity index (χ0n) is 9.58. The van der Waals surface area contributed by atoms with Crippen molar-refractivity contribution in [3.63, 3.8) is 0 Å². The van der Waals surface area contributed by atoms with E-state index in [0.717, 1.165) is 17.8 Å². The molecule has 0 amide bonds.